The Labute approximate surface area is 165 Å². The minimum absolute atomic E-state index is 0.160. The van der Waals surface area contributed by atoms with E-state index in [1.54, 1.807) is 18.2 Å². The zero-order valence-corrected chi connectivity index (χ0v) is 15.5. The number of benzene rings is 2. The maximum atomic E-state index is 12.5. The molecule has 5 rings (SSSR count). The van der Waals surface area contributed by atoms with E-state index < -0.39 is 11.4 Å². The Kier molecular flexibility index (Phi) is 3.74. The Bertz CT molecular complexity index is 983. The highest BCUT2D eigenvalue weighted by Gasteiger charge is 2.57. The van der Waals surface area contributed by atoms with Crippen LogP contribution in [0.25, 0.3) is 0 Å². The van der Waals surface area contributed by atoms with Crippen molar-refractivity contribution in [3.05, 3.63) is 63.6 Å². The third-order valence-electron chi connectivity index (χ3n) is 4.89. The van der Waals surface area contributed by atoms with E-state index in [9.17, 15) is 4.79 Å². The molecule has 0 radical (unpaired) electrons. The second kappa shape index (κ2) is 5.94. The molecule has 0 saturated carbocycles. The van der Waals surface area contributed by atoms with Gasteiger partial charge in [-0.05, 0) is 24.3 Å². The molecule has 1 fully saturated rings. The van der Waals surface area contributed by atoms with Crippen LogP contribution in [0.3, 0.4) is 0 Å². The van der Waals surface area contributed by atoms with E-state index in [0.29, 0.717) is 39.3 Å². The van der Waals surface area contributed by atoms with E-state index in [1.807, 2.05) is 24.3 Å². The van der Waals surface area contributed by atoms with Gasteiger partial charge < -0.3 is 19.5 Å². The lowest BCUT2D eigenvalue weighted by molar-refractivity contribution is -0.297. The largest absolute Gasteiger partial charge is 0.464 e. The summed E-state index contributed by atoms with van der Waals surface area (Å²) >= 11 is 12.2. The third-order valence-corrected chi connectivity index (χ3v) is 5.44. The first-order valence-electron chi connectivity index (χ1n) is 8.39. The zero-order chi connectivity index (χ0) is 18.6. The molecular formula is C19H14Cl2N2O4. The van der Waals surface area contributed by atoms with Crippen LogP contribution in [0.4, 0.5) is 5.69 Å². The number of ether oxygens (including phenoxy) is 3. The molecule has 0 bridgehead atoms. The molecular weight excluding hydrogens is 391 g/mol. The van der Waals surface area contributed by atoms with Crippen LogP contribution in [0.2, 0.25) is 10.0 Å². The number of rotatable bonds is 1. The summed E-state index contributed by atoms with van der Waals surface area (Å²) in [5.41, 5.74) is 1.23. The minimum atomic E-state index is -1.44. The van der Waals surface area contributed by atoms with Crippen LogP contribution in [0.5, 0.6) is 0 Å². The Morgan fingerprint density at radius 2 is 1.85 bits per heavy atom. The highest BCUT2D eigenvalue weighted by atomic mass is 35.5. The number of carbonyl (C=O) groups excluding carboxylic acids is 1. The predicted molar refractivity (Wildman–Crippen MR) is 100 cm³/mol. The van der Waals surface area contributed by atoms with Gasteiger partial charge in [0, 0.05) is 10.6 Å². The summed E-state index contributed by atoms with van der Waals surface area (Å²) in [6.07, 6.45) is 0. The monoisotopic (exact) mass is 404 g/mol. The van der Waals surface area contributed by atoms with Crippen molar-refractivity contribution in [3.8, 4) is 0 Å². The van der Waals surface area contributed by atoms with E-state index in [2.05, 4.69) is 10.3 Å². The number of fused-ring (bicyclic) bond motifs is 2. The molecule has 0 aromatic heterocycles. The first-order valence-corrected chi connectivity index (χ1v) is 9.15. The number of anilines is 1. The molecule has 6 nitrogen and oxygen atoms in total. The molecule has 27 heavy (non-hydrogen) atoms. The molecule has 0 unspecified atom stereocenters. The maximum absolute atomic E-state index is 12.5. The molecule has 2 spiro atoms. The molecule has 0 atom stereocenters. The van der Waals surface area contributed by atoms with E-state index in [0.717, 1.165) is 0 Å². The molecule has 1 N–H and O–H groups in total. The molecule has 3 aliphatic heterocycles. The average Bonchev–Trinajstić information content (AvgIpc) is 3.18. The van der Waals surface area contributed by atoms with Crippen LogP contribution in [0.1, 0.15) is 11.1 Å². The van der Waals surface area contributed by atoms with Gasteiger partial charge in [0.2, 0.25) is 5.90 Å². The number of hydrogen-bond donors (Lipinski definition) is 1. The van der Waals surface area contributed by atoms with Crippen molar-refractivity contribution in [1.82, 2.24) is 0 Å². The summed E-state index contributed by atoms with van der Waals surface area (Å²) in [5, 5.41) is 3.79. The fourth-order valence-electron chi connectivity index (χ4n) is 3.48. The normalized spacial score (nSPS) is 28.8. The maximum Gasteiger partial charge on any atom is 0.289 e. The second-order valence-corrected chi connectivity index (χ2v) is 7.57. The Balaban J connectivity index is 1.37. The molecule has 2 aromatic rings. The number of aliphatic imine (C=N–C) groups is 1. The van der Waals surface area contributed by atoms with E-state index in [1.165, 1.54) is 0 Å². The number of nitrogens with one attached hydrogen (secondary N) is 1. The first kappa shape index (κ1) is 17.0. The number of halogens is 2. The molecule has 8 heteroatoms. The lowest BCUT2D eigenvalue weighted by Gasteiger charge is -2.40. The topological polar surface area (TPSA) is 69.2 Å². The smallest absolute Gasteiger partial charge is 0.289 e. The number of carbonyl (C=O) groups is 1. The number of amides is 1. The summed E-state index contributed by atoms with van der Waals surface area (Å²) in [7, 11) is 0. The average molecular weight is 405 g/mol. The van der Waals surface area contributed by atoms with Gasteiger partial charge in [0.25, 0.3) is 11.7 Å². The van der Waals surface area contributed by atoms with Gasteiger partial charge in [-0.25, -0.2) is 4.99 Å². The first-order chi connectivity index (χ1) is 13.0. The van der Waals surface area contributed by atoms with Crippen LogP contribution in [0.15, 0.2) is 47.5 Å². The molecule has 2 aromatic carbocycles. The van der Waals surface area contributed by atoms with E-state index in [-0.39, 0.29) is 19.1 Å². The molecule has 1 saturated heterocycles. The van der Waals surface area contributed by atoms with Crippen molar-refractivity contribution < 1.29 is 19.0 Å². The summed E-state index contributed by atoms with van der Waals surface area (Å²) in [6.45, 7) is 0.667. The van der Waals surface area contributed by atoms with Gasteiger partial charge >= 0.3 is 0 Å². The van der Waals surface area contributed by atoms with Crippen LogP contribution in [0, 0.1) is 0 Å². The summed E-state index contributed by atoms with van der Waals surface area (Å²) in [6, 6.07) is 12.4. The van der Waals surface area contributed by atoms with Crippen molar-refractivity contribution in [3.63, 3.8) is 0 Å². The predicted octanol–water partition coefficient (Wildman–Crippen LogP) is 3.36. The molecule has 3 heterocycles. The van der Waals surface area contributed by atoms with Gasteiger partial charge in [0.05, 0.1) is 36.0 Å². The van der Waals surface area contributed by atoms with Crippen molar-refractivity contribution in [2.45, 2.75) is 11.4 Å². The lowest BCUT2D eigenvalue weighted by atomic mass is 10.0. The number of para-hydroxylation sites is 1. The minimum Gasteiger partial charge on any atom is -0.464 e. The lowest BCUT2D eigenvalue weighted by Crippen LogP contribution is -2.56. The van der Waals surface area contributed by atoms with E-state index in [4.69, 9.17) is 37.4 Å². The summed E-state index contributed by atoms with van der Waals surface area (Å²) in [4.78, 5) is 17.0. The van der Waals surface area contributed by atoms with Crippen LogP contribution in [-0.4, -0.2) is 37.2 Å². The second-order valence-electron chi connectivity index (χ2n) is 6.72. The zero-order valence-electron chi connectivity index (χ0n) is 14.0. The van der Waals surface area contributed by atoms with Gasteiger partial charge in [-0.15, -0.1) is 0 Å². The van der Waals surface area contributed by atoms with Gasteiger partial charge in [0.15, 0.2) is 5.60 Å². The van der Waals surface area contributed by atoms with Crippen LogP contribution >= 0.6 is 23.2 Å². The number of nitrogens with zero attached hydrogens (tertiary/aromatic N) is 1. The van der Waals surface area contributed by atoms with Gasteiger partial charge in [-0.1, -0.05) is 41.4 Å². The Morgan fingerprint density at radius 3 is 2.63 bits per heavy atom. The van der Waals surface area contributed by atoms with Crippen molar-refractivity contribution in [2.75, 3.05) is 25.1 Å². The van der Waals surface area contributed by atoms with Crippen molar-refractivity contribution in [2.24, 2.45) is 4.99 Å². The molecule has 1 amide bonds. The summed E-state index contributed by atoms with van der Waals surface area (Å²) < 4.78 is 18.0. The highest BCUT2D eigenvalue weighted by molar-refractivity contribution is 6.36. The van der Waals surface area contributed by atoms with Crippen LogP contribution < -0.4 is 5.32 Å². The highest BCUT2D eigenvalue weighted by Crippen LogP contribution is 2.44. The standard InChI is InChI=1S/C19H14Cl2N2O4/c20-11-5-6-12(14(21)7-11)16-22-8-18(27-16)9-25-19(26-10-18)13-3-1-2-4-15(13)23-17(19)24/h1-7H,8-10H2,(H,23,24). The van der Waals surface area contributed by atoms with Crippen molar-refractivity contribution >= 4 is 40.7 Å². The molecule has 0 aliphatic carbocycles. The number of hydrogen-bond acceptors (Lipinski definition) is 5. The van der Waals surface area contributed by atoms with Crippen LogP contribution in [-0.2, 0) is 24.8 Å². The SMILES string of the molecule is O=C1Nc2ccccc2C12OCC1(CN=C(c3ccc(Cl)cc3Cl)O1)CO2. The Hall–Kier alpha value is -2.12. The van der Waals surface area contributed by atoms with Gasteiger partial charge in [-0.3, -0.25) is 4.79 Å². The fraction of sp³-hybridized carbons (Fsp3) is 0.263. The van der Waals surface area contributed by atoms with Gasteiger partial charge in [0.1, 0.15) is 0 Å². The summed E-state index contributed by atoms with van der Waals surface area (Å²) in [5.74, 6) is -1.36. The van der Waals surface area contributed by atoms with Gasteiger partial charge in [-0.2, -0.15) is 0 Å². The fourth-order valence-corrected chi connectivity index (χ4v) is 3.97. The Morgan fingerprint density at radius 1 is 1.07 bits per heavy atom. The molecule has 138 valence electrons. The van der Waals surface area contributed by atoms with E-state index >= 15 is 0 Å². The quantitative estimate of drug-likeness (QED) is 0.790. The van der Waals surface area contributed by atoms with Crippen molar-refractivity contribution in [1.29, 1.82) is 0 Å². The molecule has 3 aliphatic rings. The third kappa shape index (κ3) is 2.56.